The minimum atomic E-state index is -1.98. The number of hydrogen-bond acceptors (Lipinski definition) is 6. The Morgan fingerprint density at radius 1 is 1.47 bits per heavy atom. The maximum Gasteiger partial charge on any atom is 0.219 e. The second-order valence-electron chi connectivity index (χ2n) is 3.46. The van der Waals surface area contributed by atoms with Crippen LogP contribution in [0.3, 0.4) is 0 Å². The van der Waals surface area contributed by atoms with Gasteiger partial charge in [-0.05, 0) is 0 Å². The predicted molar refractivity (Wildman–Crippen MR) is 49.9 cm³/mol. The van der Waals surface area contributed by atoms with E-state index in [0.29, 0.717) is 0 Å². The van der Waals surface area contributed by atoms with Crippen molar-refractivity contribution in [1.82, 2.24) is 0 Å². The molecule has 0 aromatic rings. The molecule has 4 atom stereocenters. The highest BCUT2D eigenvalue weighted by Gasteiger charge is 2.48. The highest BCUT2D eigenvalue weighted by Crippen LogP contribution is 2.24. The van der Waals surface area contributed by atoms with Crippen molar-refractivity contribution in [2.75, 3.05) is 19.8 Å². The van der Waals surface area contributed by atoms with Gasteiger partial charge < -0.3 is 29.9 Å². The smallest absolute Gasteiger partial charge is 0.219 e. The van der Waals surface area contributed by atoms with E-state index in [4.69, 9.17) is 14.6 Å². The largest absolute Gasteiger partial charge is 0.388 e. The van der Waals surface area contributed by atoms with Gasteiger partial charge in [0.15, 0.2) is 0 Å². The van der Waals surface area contributed by atoms with Crippen LogP contribution in [0.5, 0.6) is 0 Å². The number of aliphatic hydroxyl groups excluding tert-OH is 3. The lowest BCUT2D eigenvalue weighted by Gasteiger charge is -2.41. The molecule has 1 aliphatic heterocycles. The molecule has 0 aromatic heterocycles. The quantitative estimate of drug-likeness (QED) is 0.323. The lowest BCUT2D eigenvalue weighted by molar-refractivity contribution is -0.334. The van der Waals surface area contributed by atoms with E-state index in [1.54, 1.807) is 0 Å². The molecule has 0 amide bonds. The number of hydrogen-bond donors (Lipinski definition) is 4. The van der Waals surface area contributed by atoms with E-state index in [1.165, 1.54) is 6.08 Å². The van der Waals surface area contributed by atoms with Gasteiger partial charge in [0.05, 0.1) is 13.2 Å². The number of ether oxygens (including phenoxy) is 2. The van der Waals surface area contributed by atoms with E-state index in [9.17, 15) is 15.3 Å². The Kier molecular flexibility index (Phi) is 4.21. The molecule has 6 heteroatoms. The second-order valence-corrected chi connectivity index (χ2v) is 3.46. The second kappa shape index (κ2) is 5.02. The Morgan fingerprint density at radius 2 is 2.13 bits per heavy atom. The van der Waals surface area contributed by atoms with Crippen LogP contribution in [0.2, 0.25) is 0 Å². The van der Waals surface area contributed by atoms with Crippen molar-refractivity contribution in [3.05, 3.63) is 12.7 Å². The molecule has 0 spiro atoms. The first kappa shape index (κ1) is 12.6. The molecule has 1 heterocycles. The number of aliphatic hydroxyl groups is 4. The highest BCUT2D eigenvalue weighted by atomic mass is 16.7. The van der Waals surface area contributed by atoms with Gasteiger partial charge in [-0.25, -0.2) is 0 Å². The van der Waals surface area contributed by atoms with E-state index in [-0.39, 0.29) is 19.8 Å². The Bertz CT molecular complexity index is 221. The summed E-state index contributed by atoms with van der Waals surface area (Å²) in [5.41, 5.74) is 0. The van der Waals surface area contributed by atoms with Crippen LogP contribution in [0.25, 0.3) is 0 Å². The molecule has 1 rings (SSSR count). The van der Waals surface area contributed by atoms with Crippen molar-refractivity contribution in [3.63, 3.8) is 0 Å². The Labute approximate surface area is 87.4 Å². The van der Waals surface area contributed by atoms with Crippen molar-refractivity contribution in [2.45, 2.75) is 24.1 Å². The summed E-state index contributed by atoms with van der Waals surface area (Å²) < 4.78 is 9.78. The molecule has 4 N–H and O–H groups in total. The fraction of sp³-hybridized carbons (Fsp3) is 0.778. The van der Waals surface area contributed by atoms with Crippen molar-refractivity contribution in [3.8, 4) is 0 Å². The lowest BCUT2D eigenvalue weighted by Crippen LogP contribution is -2.62. The van der Waals surface area contributed by atoms with Gasteiger partial charge in [0, 0.05) is 0 Å². The zero-order valence-electron chi connectivity index (χ0n) is 8.24. The molecule has 1 saturated heterocycles. The maximum absolute atomic E-state index is 9.75. The first-order valence-electron chi connectivity index (χ1n) is 4.60. The van der Waals surface area contributed by atoms with Crippen LogP contribution in [0.4, 0.5) is 0 Å². The van der Waals surface area contributed by atoms with Crippen LogP contribution in [0.15, 0.2) is 12.7 Å². The normalized spacial score (nSPS) is 41.5. The highest BCUT2D eigenvalue weighted by molar-refractivity contribution is 4.91. The van der Waals surface area contributed by atoms with Gasteiger partial charge in [-0.15, -0.1) is 6.58 Å². The first-order chi connectivity index (χ1) is 7.01. The monoisotopic (exact) mass is 220 g/mol. The average molecular weight is 220 g/mol. The molecule has 88 valence electrons. The maximum atomic E-state index is 9.75. The molecular formula is C9H16O6. The Morgan fingerprint density at radius 3 is 2.73 bits per heavy atom. The summed E-state index contributed by atoms with van der Waals surface area (Å²) in [6.07, 6.45) is -2.79. The molecule has 0 radical (unpaired) electrons. The van der Waals surface area contributed by atoms with E-state index in [2.05, 4.69) is 6.58 Å². The zero-order chi connectivity index (χ0) is 11.5. The summed E-state index contributed by atoms with van der Waals surface area (Å²) in [5, 5.41) is 37.7. The zero-order valence-corrected chi connectivity index (χ0v) is 8.24. The van der Waals surface area contributed by atoms with Crippen LogP contribution in [-0.4, -0.2) is 64.3 Å². The lowest BCUT2D eigenvalue weighted by atomic mass is 9.97. The number of rotatable bonds is 4. The molecule has 0 aliphatic carbocycles. The summed E-state index contributed by atoms with van der Waals surface area (Å²) >= 11 is 0. The third-order valence-corrected chi connectivity index (χ3v) is 2.23. The first-order valence-corrected chi connectivity index (χ1v) is 4.60. The van der Waals surface area contributed by atoms with Gasteiger partial charge in [0.25, 0.3) is 0 Å². The van der Waals surface area contributed by atoms with Gasteiger partial charge in [0.2, 0.25) is 5.79 Å². The molecule has 0 aromatic carbocycles. The van der Waals surface area contributed by atoms with Crippen molar-refractivity contribution in [2.24, 2.45) is 0 Å². The van der Waals surface area contributed by atoms with Crippen molar-refractivity contribution in [1.29, 1.82) is 0 Å². The minimum Gasteiger partial charge on any atom is -0.388 e. The molecular weight excluding hydrogens is 204 g/mol. The van der Waals surface area contributed by atoms with Gasteiger partial charge in [-0.3, -0.25) is 0 Å². The Hall–Kier alpha value is -0.500. The van der Waals surface area contributed by atoms with Gasteiger partial charge in [0.1, 0.15) is 24.9 Å². The third kappa shape index (κ3) is 2.75. The van der Waals surface area contributed by atoms with Crippen LogP contribution in [0, 0.1) is 0 Å². The topological polar surface area (TPSA) is 99.4 Å². The summed E-state index contributed by atoms with van der Waals surface area (Å²) in [6, 6.07) is 0. The standard InChI is InChI=1S/C9H16O6/c1-2-3-14-5-9(13)8(12)7(11)6(10)4-15-9/h2,6-8,10-13H,1,3-5H2/t6-,7-,8+,9+/m1/s1. The molecule has 15 heavy (non-hydrogen) atoms. The fourth-order valence-electron chi connectivity index (χ4n) is 1.31. The molecule has 0 bridgehead atoms. The van der Waals surface area contributed by atoms with Crippen LogP contribution >= 0.6 is 0 Å². The summed E-state index contributed by atoms with van der Waals surface area (Å²) in [6.45, 7) is 3.04. The van der Waals surface area contributed by atoms with Gasteiger partial charge >= 0.3 is 0 Å². The van der Waals surface area contributed by atoms with E-state index in [1.807, 2.05) is 0 Å². The molecule has 1 aliphatic rings. The average Bonchev–Trinajstić information content (AvgIpc) is 2.22. The van der Waals surface area contributed by atoms with Crippen molar-refractivity contribution >= 4 is 0 Å². The fourth-order valence-corrected chi connectivity index (χ4v) is 1.31. The molecule has 0 saturated carbocycles. The van der Waals surface area contributed by atoms with Gasteiger partial charge in [-0.2, -0.15) is 0 Å². The van der Waals surface area contributed by atoms with Crippen LogP contribution < -0.4 is 0 Å². The van der Waals surface area contributed by atoms with E-state index >= 15 is 0 Å². The van der Waals surface area contributed by atoms with Crippen molar-refractivity contribution < 1.29 is 29.9 Å². The SMILES string of the molecule is C=CCOC[C@]1(O)OC[C@@H](O)[C@@H](O)[C@@H]1O. The summed E-state index contributed by atoms with van der Waals surface area (Å²) in [4.78, 5) is 0. The molecule has 1 fully saturated rings. The Balaban J connectivity index is 2.55. The van der Waals surface area contributed by atoms with Gasteiger partial charge in [-0.1, -0.05) is 6.08 Å². The van der Waals surface area contributed by atoms with Crippen LogP contribution in [-0.2, 0) is 9.47 Å². The third-order valence-electron chi connectivity index (χ3n) is 2.23. The predicted octanol–water partition coefficient (Wildman–Crippen LogP) is -2.01. The minimum absolute atomic E-state index is 0.192. The molecule has 6 nitrogen and oxygen atoms in total. The van der Waals surface area contributed by atoms with Crippen LogP contribution in [0.1, 0.15) is 0 Å². The van der Waals surface area contributed by atoms with E-state index < -0.39 is 24.1 Å². The molecule has 0 unspecified atom stereocenters. The van der Waals surface area contributed by atoms with E-state index in [0.717, 1.165) is 0 Å². The summed E-state index contributed by atoms with van der Waals surface area (Å²) in [5.74, 6) is -1.98. The summed E-state index contributed by atoms with van der Waals surface area (Å²) in [7, 11) is 0.